The van der Waals surface area contributed by atoms with Crippen LogP contribution in [0.15, 0.2) is 0 Å². The molecule has 1 atom stereocenters. The average molecular weight is 238 g/mol. The zero-order chi connectivity index (χ0) is 12.5. The molecule has 4 heteroatoms. The van der Waals surface area contributed by atoms with E-state index in [9.17, 15) is 4.79 Å². The Morgan fingerprint density at radius 2 is 2.12 bits per heavy atom. The van der Waals surface area contributed by atoms with Crippen molar-refractivity contribution in [3.8, 4) is 0 Å². The maximum absolute atomic E-state index is 12.0. The van der Waals surface area contributed by atoms with E-state index in [1.165, 1.54) is 19.3 Å². The van der Waals surface area contributed by atoms with Crippen molar-refractivity contribution in [1.82, 2.24) is 5.32 Å². The van der Waals surface area contributed by atoms with Crippen LogP contribution in [0.3, 0.4) is 0 Å². The number of rotatable bonds is 6. The van der Waals surface area contributed by atoms with E-state index in [1.54, 1.807) is 0 Å². The first-order valence-corrected chi connectivity index (χ1v) is 6.89. The van der Waals surface area contributed by atoms with Gasteiger partial charge in [0.1, 0.15) is 10.9 Å². The number of carbonyl (C=O) groups excluding carboxylic acids is 1. The van der Waals surface area contributed by atoms with Gasteiger partial charge in [-0.25, -0.2) is 0 Å². The van der Waals surface area contributed by atoms with Gasteiger partial charge >= 0.3 is 6.54 Å². The summed E-state index contributed by atoms with van der Waals surface area (Å²) < 4.78 is 0. The minimum absolute atomic E-state index is 0.0724. The lowest BCUT2D eigenvalue weighted by molar-refractivity contribution is -0.125. The molecule has 1 aliphatic rings. The topological polar surface area (TPSA) is 57.2 Å². The number of hydrogen-bond acceptors (Lipinski definition) is 2. The van der Waals surface area contributed by atoms with Crippen LogP contribution in [0, 0.1) is 11.3 Å². The molecule has 0 saturated heterocycles. The smallest absolute Gasteiger partial charge is 0.317 e. The molecule has 4 nitrogen and oxygen atoms in total. The first-order valence-electron chi connectivity index (χ1n) is 6.89. The molecule has 1 rings (SSSR count). The number of carbonyl (C=O) groups is 1. The standard InChI is InChI=1S/C13H23N3O/c1-2-3-7-11(10-15-14)13(17)16-12-8-5-4-6-9-12/h11-12H,2-10H2,1H3/p+1. The van der Waals surface area contributed by atoms with Gasteiger partial charge in [-0.3, -0.25) is 4.79 Å². The molecule has 1 aliphatic carbocycles. The SMILES string of the molecule is CCCCC(C[N+]#N)C(=O)NC1CCCCC1. The molecule has 0 radical (unpaired) electrons. The fourth-order valence-electron chi connectivity index (χ4n) is 2.42. The Morgan fingerprint density at radius 3 is 2.71 bits per heavy atom. The highest BCUT2D eigenvalue weighted by molar-refractivity contribution is 5.79. The molecule has 1 unspecified atom stereocenters. The number of nitrogens with one attached hydrogen (secondary N) is 1. The van der Waals surface area contributed by atoms with Crippen molar-refractivity contribution in [2.24, 2.45) is 5.92 Å². The highest BCUT2D eigenvalue weighted by Crippen LogP contribution is 2.18. The Morgan fingerprint density at radius 1 is 1.41 bits per heavy atom. The van der Waals surface area contributed by atoms with Crippen molar-refractivity contribution in [1.29, 1.82) is 5.39 Å². The normalized spacial score (nSPS) is 18.4. The summed E-state index contributed by atoms with van der Waals surface area (Å²) in [5.41, 5.74) is 0. The van der Waals surface area contributed by atoms with Crippen LogP contribution in [0.1, 0.15) is 58.3 Å². The monoisotopic (exact) mass is 238 g/mol. The predicted octanol–water partition coefficient (Wildman–Crippen LogP) is 3.09. The molecular weight excluding hydrogens is 214 g/mol. The summed E-state index contributed by atoms with van der Waals surface area (Å²) >= 11 is 0. The maximum atomic E-state index is 12.0. The van der Waals surface area contributed by atoms with Crippen LogP contribution in [-0.4, -0.2) is 18.5 Å². The second-order valence-corrected chi connectivity index (χ2v) is 5.01. The maximum Gasteiger partial charge on any atom is 0.317 e. The third-order valence-electron chi connectivity index (χ3n) is 3.53. The predicted molar refractivity (Wildman–Crippen MR) is 68.0 cm³/mol. The molecule has 0 spiro atoms. The van der Waals surface area contributed by atoms with Gasteiger partial charge in [0.05, 0.1) is 0 Å². The second kappa shape index (κ2) is 8.05. The average Bonchev–Trinajstić information content (AvgIpc) is 2.35. The Kier molecular flexibility index (Phi) is 6.61. The van der Waals surface area contributed by atoms with Crippen molar-refractivity contribution in [2.75, 3.05) is 6.54 Å². The molecule has 1 amide bonds. The third kappa shape index (κ3) is 5.16. The van der Waals surface area contributed by atoms with Gasteiger partial charge in [-0.05, 0) is 19.3 Å². The first kappa shape index (κ1) is 14.0. The number of unbranched alkanes of at least 4 members (excludes halogenated alkanes) is 1. The van der Waals surface area contributed by atoms with Gasteiger partial charge in [0.15, 0.2) is 0 Å². The summed E-state index contributed by atoms with van der Waals surface area (Å²) in [6.07, 6.45) is 8.82. The molecule has 96 valence electrons. The number of hydrogen-bond donors (Lipinski definition) is 1. The summed E-state index contributed by atoms with van der Waals surface area (Å²) in [5, 5.41) is 11.7. The first-order chi connectivity index (χ1) is 8.27. The number of nitrogens with zero attached hydrogens (tertiary/aromatic N) is 2. The molecule has 17 heavy (non-hydrogen) atoms. The van der Waals surface area contributed by atoms with Crippen molar-refractivity contribution in [2.45, 2.75) is 64.3 Å². The molecule has 0 bridgehead atoms. The van der Waals surface area contributed by atoms with Crippen LogP contribution in [-0.2, 0) is 4.79 Å². The van der Waals surface area contributed by atoms with E-state index < -0.39 is 0 Å². The van der Waals surface area contributed by atoms with Gasteiger partial charge < -0.3 is 5.32 Å². The molecule has 1 fully saturated rings. The van der Waals surface area contributed by atoms with E-state index in [0.717, 1.165) is 32.1 Å². The molecule has 0 aromatic carbocycles. The minimum atomic E-state index is -0.151. The Hall–Kier alpha value is -1.11. The fourth-order valence-corrected chi connectivity index (χ4v) is 2.42. The van der Waals surface area contributed by atoms with Gasteiger partial charge in [0.25, 0.3) is 0 Å². The summed E-state index contributed by atoms with van der Waals surface area (Å²) in [7, 11) is 0. The zero-order valence-corrected chi connectivity index (χ0v) is 10.8. The van der Waals surface area contributed by atoms with E-state index in [0.29, 0.717) is 6.04 Å². The molecule has 1 saturated carbocycles. The van der Waals surface area contributed by atoms with Crippen molar-refractivity contribution in [3.63, 3.8) is 0 Å². The summed E-state index contributed by atoms with van der Waals surface area (Å²) in [5.74, 6) is -0.0787. The second-order valence-electron chi connectivity index (χ2n) is 5.01. The van der Waals surface area contributed by atoms with Crippen LogP contribution >= 0.6 is 0 Å². The van der Waals surface area contributed by atoms with Crippen LogP contribution in [0.2, 0.25) is 0 Å². The molecular formula is C13H24N3O+. The quantitative estimate of drug-likeness (QED) is 0.723. The summed E-state index contributed by atoms with van der Waals surface area (Å²) in [6, 6.07) is 0.346. The molecule has 0 heterocycles. The van der Waals surface area contributed by atoms with Crippen molar-refractivity contribution < 1.29 is 4.79 Å². The molecule has 1 N–H and O–H groups in total. The fraction of sp³-hybridized carbons (Fsp3) is 0.923. The highest BCUT2D eigenvalue weighted by atomic mass is 16.1. The lowest BCUT2D eigenvalue weighted by Crippen LogP contribution is -2.40. The van der Waals surface area contributed by atoms with Gasteiger partial charge in [0.2, 0.25) is 11.3 Å². The minimum Gasteiger partial charge on any atom is -0.353 e. The Labute approximate surface area is 104 Å². The largest absolute Gasteiger partial charge is 0.353 e. The van der Waals surface area contributed by atoms with Crippen LogP contribution in [0.25, 0.3) is 4.98 Å². The van der Waals surface area contributed by atoms with Gasteiger partial charge in [-0.15, -0.1) is 0 Å². The van der Waals surface area contributed by atoms with Gasteiger partial charge in [-0.1, -0.05) is 39.0 Å². The summed E-state index contributed by atoms with van der Waals surface area (Å²) in [4.78, 5) is 15.2. The lowest BCUT2D eigenvalue weighted by Gasteiger charge is -2.24. The molecule has 0 aromatic rings. The Bertz CT molecular complexity index is 266. The van der Waals surface area contributed by atoms with Crippen LogP contribution < -0.4 is 5.32 Å². The van der Waals surface area contributed by atoms with Gasteiger partial charge in [-0.2, -0.15) is 0 Å². The third-order valence-corrected chi connectivity index (χ3v) is 3.53. The van der Waals surface area contributed by atoms with E-state index in [1.807, 2.05) is 0 Å². The molecule has 0 aliphatic heterocycles. The Balaban J connectivity index is 2.37. The van der Waals surface area contributed by atoms with E-state index in [-0.39, 0.29) is 18.4 Å². The van der Waals surface area contributed by atoms with Crippen molar-refractivity contribution in [3.05, 3.63) is 4.98 Å². The van der Waals surface area contributed by atoms with E-state index >= 15 is 0 Å². The lowest BCUT2D eigenvalue weighted by atomic mass is 9.94. The zero-order valence-electron chi connectivity index (χ0n) is 10.8. The number of diazo groups is 1. The summed E-state index contributed by atoms with van der Waals surface area (Å²) in [6.45, 7) is 2.34. The van der Waals surface area contributed by atoms with Crippen molar-refractivity contribution >= 4 is 5.91 Å². The highest BCUT2D eigenvalue weighted by Gasteiger charge is 2.26. The van der Waals surface area contributed by atoms with Gasteiger partial charge in [0, 0.05) is 6.04 Å². The van der Waals surface area contributed by atoms with Crippen LogP contribution in [0.4, 0.5) is 0 Å². The van der Waals surface area contributed by atoms with E-state index in [4.69, 9.17) is 5.39 Å². The number of amides is 1. The van der Waals surface area contributed by atoms with E-state index in [2.05, 4.69) is 17.2 Å². The van der Waals surface area contributed by atoms with Crippen LogP contribution in [0.5, 0.6) is 0 Å². The molecule has 0 aromatic heterocycles.